The Morgan fingerprint density at radius 3 is 2.50 bits per heavy atom. The molecule has 6 heteroatoms. The SMILES string of the molecule is O=S(O)Oc1c(O)ccc2cccc(O)c12. The molecule has 0 saturated heterocycles. The molecule has 16 heavy (non-hydrogen) atoms. The first-order valence-corrected chi connectivity index (χ1v) is 5.35. The minimum Gasteiger partial charge on any atom is -0.507 e. The van der Waals surface area contributed by atoms with Crippen LogP contribution in [0.1, 0.15) is 0 Å². The minimum atomic E-state index is -2.56. The van der Waals surface area contributed by atoms with Crippen molar-refractivity contribution in [1.82, 2.24) is 0 Å². The summed E-state index contributed by atoms with van der Waals surface area (Å²) in [5, 5.41) is 19.9. The first kappa shape index (κ1) is 10.7. The van der Waals surface area contributed by atoms with Gasteiger partial charge in [0.15, 0.2) is 11.5 Å². The Morgan fingerprint density at radius 1 is 1.06 bits per heavy atom. The molecular formula is C10H8O5S. The number of phenols is 2. The van der Waals surface area contributed by atoms with E-state index >= 15 is 0 Å². The monoisotopic (exact) mass is 240 g/mol. The molecule has 1 unspecified atom stereocenters. The second-order valence-corrected chi connectivity index (χ2v) is 3.69. The first-order valence-electron chi connectivity index (χ1n) is 4.32. The molecule has 2 rings (SSSR count). The number of hydrogen-bond donors (Lipinski definition) is 3. The average molecular weight is 240 g/mol. The van der Waals surface area contributed by atoms with E-state index in [0.717, 1.165) is 0 Å². The second kappa shape index (κ2) is 3.99. The van der Waals surface area contributed by atoms with Gasteiger partial charge in [0.05, 0.1) is 5.39 Å². The lowest BCUT2D eigenvalue weighted by Gasteiger charge is -2.08. The van der Waals surface area contributed by atoms with Crippen molar-refractivity contribution in [2.45, 2.75) is 0 Å². The van der Waals surface area contributed by atoms with Gasteiger partial charge in [-0.3, -0.25) is 4.55 Å². The van der Waals surface area contributed by atoms with Gasteiger partial charge in [-0.2, -0.15) is 4.21 Å². The minimum absolute atomic E-state index is 0.131. The predicted molar refractivity (Wildman–Crippen MR) is 58.7 cm³/mol. The molecule has 0 radical (unpaired) electrons. The topological polar surface area (TPSA) is 87.0 Å². The van der Waals surface area contributed by atoms with Crippen molar-refractivity contribution in [3.63, 3.8) is 0 Å². The number of phenolic OH excluding ortho intramolecular Hbond substituents is 2. The van der Waals surface area contributed by atoms with Crippen molar-refractivity contribution in [1.29, 1.82) is 0 Å². The zero-order valence-corrected chi connectivity index (χ0v) is 8.77. The largest absolute Gasteiger partial charge is 0.507 e. The molecule has 0 heterocycles. The van der Waals surface area contributed by atoms with E-state index in [1.807, 2.05) is 0 Å². The van der Waals surface area contributed by atoms with Crippen LogP contribution in [0, 0.1) is 0 Å². The van der Waals surface area contributed by atoms with Gasteiger partial charge in [0, 0.05) is 0 Å². The molecule has 0 bridgehead atoms. The summed E-state index contributed by atoms with van der Waals surface area (Å²) in [6, 6.07) is 7.59. The highest BCUT2D eigenvalue weighted by atomic mass is 32.2. The summed E-state index contributed by atoms with van der Waals surface area (Å²) in [5.41, 5.74) is 0. The van der Waals surface area contributed by atoms with Crippen LogP contribution >= 0.6 is 0 Å². The maximum absolute atomic E-state index is 10.6. The van der Waals surface area contributed by atoms with E-state index < -0.39 is 11.4 Å². The summed E-state index contributed by atoms with van der Waals surface area (Å²) >= 11 is -2.56. The molecular weight excluding hydrogens is 232 g/mol. The second-order valence-electron chi connectivity index (χ2n) is 3.09. The first-order chi connectivity index (χ1) is 7.59. The molecule has 2 aromatic rings. The van der Waals surface area contributed by atoms with Crippen molar-refractivity contribution in [3.05, 3.63) is 30.3 Å². The van der Waals surface area contributed by atoms with Gasteiger partial charge in [-0.25, -0.2) is 0 Å². The van der Waals surface area contributed by atoms with Crippen LogP contribution in [0.3, 0.4) is 0 Å². The molecule has 0 fully saturated rings. The van der Waals surface area contributed by atoms with E-state index in [0.29, 0.717) is 5.39 Å². The van der Waals surface area contributed by atoms with E-state index in [1.165, 1.54) is 12.1 Å². The third kappa shape index (κ3) is 1.80. The Morgan fingerprint density at radius 2 is 1.81 bits per heavy atom. The molecule has 0 saturated carbocycles. The van der Waals surface area contributed by atoms with Crippen LogP contribution in [0.2, 0.25) is 0 Å². The van der Waals surface area contributed by atoms with Gasteiger partial charge in [-0.15, -0.1) is 0 Å². The van der Waals surface area contributed by atoms with E-state index in [9.17, 15) is 14.4 Å². The van der Waals surface area contributed by atoms with Crippen LogP contribution in [0.25, 0.3) is 10.8 Å². The normalized spacial score (nSPS) is 12.6. The fourth-order valence-corrected chi connectivity index (χ4v) is 1.78. The highest BCUT2D eigenvalue weighted by Crippen LogP contribution is 2.39. The van der Waals surface area contributed by atoms with Gasteiger partial charge in [-0.1, -0.05) is 18.2 Å². The highest BCUT2D eigenvalue weighted by molar-refractivity contribution is 7.74. The lowest BCUT2D eigenvalue weighted by atomic mass is 10.1. The predicted octanol–water partition coefficient (Wildman–Crippen LogP) is 1.77. The molecule has 0 aliphatic rings. The molecule has 0 amide bonds. The lowest BCUT2D eigenvalue weighted by molar-refractivity contribution is 0.418. The van der Waals surface area contributed by atoms with Gasteiger partial charge >= 0.3 is 11.4 Å². The maximum Gasteiger partial charge on any atom is 0.357 e. The van der Waals surface area contributed by atoms with E-state index in [2.05, 4.69) is 4.18 Å². The van der Waals surface area contributed by atoms with E-state index in [1.54, 1.807) is 18.2 Å². The summed E-state index contributed by atoms with van der Waals surface area (Å²) in [4.78, 5) is 0. The molecule has 0 spiro atoms. The molecule has 0 aromatic heterocycles. The van der Waals surface area contributed by atoms with Crippen LogP contribution in [0.5, 0.6) is 17.2 Å². The van der Waals surface area contributed by atoms with Gasteiger partial charge in [0.2, 0.25) is 0 Å². The van der Waals surface area contributed by atoms with Crippen LogP contribution in [-0.2, 0) is 11.4 Å². The van der Waals surface area contributed by atoms with Gasteiger partial charge in [-0.05, 0) is 17.5 Å². The number of benzene rings is 2. The zero-order valence-electron chi connectivity index (χ0n) is 7.95. The summed E-state index contributed by atoms with van der Waals surface area (Å²) in [6.07, 6.45) is 0. The van der Waals surface area contributed by atoms with E-state index in [4.69, 9.17) is 4.55 Å². The van der Waals surface area contributed by atoms with Gasteiger partial charge < -0.3 is 14.4 Å². The molecule has 5 nitrogen and oxygen atoms in total. The van der Waals surface area contributed by atoms with Crippen LogP contribution in [-0.4, -0.2) is 19.0 Å². The smallest absolute Gasteiger partial charge is 0.357 e. The van der Waals surface area contributed by atoms with Gasteiger partial charge in [0.25, 0.3) is 0 Å². The average Bonchev–Trinajstić information content (AvgIpc) is 2.22. The van der Waals surface area contributed by atoms with Crippen molar-refractivity contribution >= 4 is 22.1 Å². The summed E-state index contributed by atoms with van der Waals surface area (Å²) in [6.45, 7) is 0. The maximum atomic E-state index is 10.6. The third-order valence-electron chi connectivity index (χ3n) is 2.11. The zero-order chi connectivity index (χ0) is 11.7. The number of rotatable bonds is 2. The molecule has 0 aliphatic heterocycles. The lowest BCUT2D eigenvalue weighted by Crippen LogP contribution is -1.98. The Bertz CT molecular complexity index is 566. The summed E-state index contributed by atoms with van der Waals surface area (Å²) in [5.74, 6) is -0.651. The fourth-order valence-electron chi connectivity index (χ4n) is 1.47. The third-order valence-corrected chi connectivity index (χ3v) is 2.42. The summed E-state index contributed by atoms with van der Waals surface area (Å²) < 4.78 is 23.8. The molecule has 1 atom stereocenters. The molecule has 84 valence electrons. The van der Waals surface area contributed by atoms with Crippen molar-refractivity contribution in [2.75, 3.05) is 0 Å². The Labute approximate surface area is 93.4 Å². The Kier molecular flexibility index (Phi) is 2.67. The number of fused-ring (bicyclic) bond motifs is 1. The molecule has 0 aliphatic carbocycles. The number of aromatic hydroxyl groups is 2. The Hall–Kier alpha value is -1.79. The fraction of sp³-hybridized carbons (Fsp3) is 0. The van der Waals surface area contributed by atoms with Crippen LogP contribution < -0.4 is 4.18 Å². The van der Waals surface area contributed by atoms with Crippen molar-refractivity contribution in [3.8, 4) is 17.2 Å². The van der Waals surface area contributed by atoms with E-state index in [-0.39, 0.29) is 22.6 Å². The van der Waals surface area contributed by atoms with Crippen molar-refractivity contribution in [2.24, 2.45) is 0 Å². The quantitative estimate of drug-likeness (QED) is 0.696. The molecule has 3 N–H and O–H groups in total. The number of hydrogen-bond acceptors (Lipinski definition) is 4. The van der Waals surface area contributed by atoms with Crippen LogP contribution in [0.4, 0.5) is 0 Å². The van der Waals surface area contributed by atoms with Crippen molar-refractivity contribution < 1.29 is 23.2 Å². The standard InChI is InChI=1S/C10H8O5S/c11-7-3-1-2-6-4-5-8(12)10(9(6)7)15-16(13)14/h1-5,11-12H,(H,13,14). The molecule has 2 aromatic carbocycles. The highest BCUT2D eigenvalue weighted by Gasteiger charge is 2.14. The van der Waals surface area contributed by atoms with Gasteiger partial charge in [0.1, 0.15) is 5.75 Å². The Balaban J connectivity index is 2.77. The van der Waals surface area contributed by atoms with Crippen LogP contribution in [0.15, 0.2) is 30.3 Å². The summed E-state index contributed by atoms with van der Waals surface area (Å²) in [7, 11) is 0.